The maximum atomic E-state index is 11.9. The molecule has 5 heteroatoms. The molecule has 0 atom stereocenters. The first kappa shape index (κ1) is 13.3. The third-order valence-corrected chi connectivity index (χ3v) is 5.96. The van der Waals surface area contributed by atoms with Crippen molar-refractivity contribution in [3.05, 3.63) is 0 Å². The van der Waals surface area contributed by atoms with Crippen LogP contribution in [0.15, 0.2) is 0 Å². The summed E-state index contributed by atoms with van der Waals surface area (Å²) in [4.78, 5) is 2.45. The highest BCUT2D eigenvalue weighted by Gasteiger charge is 2.37. The molecule has 2 heterocycles. The Kier molecular flexibility index (Phi) is 3.54. The summed E-state index contributed by atoms with van der Waals surface area (Å²) in [6, 6.07) is 0.251. The number of likely N-dealkylation sites (tertiary alicyclic amines) is 1. The summed E-state index contributed by atoms with van der Waals surface area (Å²) < 4.78 is 25.5. The van der Waals surface area contributed by atoms with Crippen LogP contribution in [0.1, 0.15) is 40.0 Å². The van der Waals surface area contributed by atoms with Gasteiger partial charge in [-0.2, -0.15) is 4.31 Å². The molecule has 0 spiro atoms. The second-order valence-corrected chi connectivity index (χ2v) is 8.21. The SMILES string of the molecule is CC(C)(C)N1CCC(N2CCCS2(=O)=O)CC1. The smallest absolute Gasteiger partial charge is 0.214 e. The van der Waals surface area contributed by atoms with Gasteiger partial charge in [-0.1, -0.05) is 0 Å². The van der Waals surface area contributed by atoms with Crippen LogP contribution in [-0.2, 0) is 10.0 Å². The van der Waals surface area contributed by atoms with Gasteiger partial charge in [-0.15, -0.1) is 0 Å². The topological polar surface area (TPSA) is 40.6 Å². The average Bonchev–Trinajstić information content (AvgIpc) is 2.57. The summed E-state index contributed by atoms with van der Waals surface area (Å²) in [7, 11) is -2.92. The zero-order chi connectivity index (χ0) is 12.7. The molecule has 0 aromatic carbocycles. The molecule has 100 valence electrons. The van der Waals surface area contributed by atoms with E-state index in [1.165, 1.54) is 0 Å². The van der Waals surface area contributed by atoms with Crippen molar-refractivity contribution in [3.63, 3.8) is 0 Å². The van der Waals surface area contributed by atoms with E-state index < -0.39 is 10.0 Å². The molecule has 0 N–H and O–H groups in total. The van der Waals surface area contributed by atoms with Crippen molar-refractivity contribution in [2.75, 3.05) is 25.4 Å². The summed E-state index contributed by atoms with van der Waals surface area (Å²) in [5.74, 6) is 0.354. The van der Waals surface area contributed by atoms with Crippen molar-refractivity contribution in [1.29, 1.82) is 0 Å². The van der Waals surface area contributed by atoms with Crippen LogP contribution in [0.5, 0.6) is 0 Å². The van der Waals surface area contributed by atoms with Gasteiger partial charge >= 0.3 is 0 Å². The Morgan fingerprint density at radius 3 is 2.06 bits per heavy atom. The molecular formula is C12H24N2O2S. The minimum atomic E-state index is -2.92. The Morgan fingerprint density at radius 1 is 1.06 bits per heavy atom. The molecule has 2 aliphatic rings. The van der Waals surface area contributed by atoms with Crippen LogP contribution in [0.25, 0.3) is 0 Å². The molecule has 2 fully saturated rings. The van der Waals surface area contributed by atoms with Crippen LogP contribution in [0.3, 0.4) is 0 Å². The minimum Gasteiger partial charge on any atom is -0.298 e. The van der Waals surface area contributed by atoms with E-state index in [2.05, 4.69) is 25.7 Å². The Morgan fingerprint density at radius 2 is 1.65 bits per heavy atom. The Hall–Kier alpha value is -0.130. The quantitative estimate of drug-likeness (QED) is 0.713. The molecule has 0 amide bonds. The fourth-order valence-electron chi connectivity index (χ4n) is 2.89. The standard InChI is InChI=1S/C12H24N2O2S/c1-12(2,3)13-8-5-11(6-9-13)14-7-4-10-17(14,15)16/h11H,4-10H2,1-3H3. The fourth-order valence-corrected chi connectivity index (χ4v) is 4.69. The van der Waals surface area contributed by atoms with Crippen molar-refractivity contribution >= 4 is 10.0 Å². The molecule has 4 nitrogen and oxygen atoms in total. The zero-order valence-electron chi connectivity index (χ0n) is 11.1. The van der Waals surface area contributed by atoms with Gasteiger partial charge in [-0.25, -0.2) is 8.42 Å². The number of sulfonamides is 1. The predicted octanol–water partition coefficient (Wildman–Crippen LogP) is 1.28. The van der Waals surface area contributed by atoms with Crippen LogP contribution in [0, 0.1) is 0 Å². The Bertz CT molecular complexity index is 364. The number of piperidine rings is 1. The van der Waals surface area contributed by atoms with Gasteiger partial charge in [0.25, 0.3) is 0 Å². The number of hydrogen-bond donors (Lipinski definition) is 0. The molecule has 2 saturated heterocycles. The monoisotopic (exact) mass is 260 g/mol. The summed E-state index contributed by atoms with van der Waals surface area (Å²) >= 11 is 0. The van der Waals surface area contributed by atoms with Crippen LogP contribution < -0.4 is 0 Å². The van der Waals surface area contributed by atoms with E-state index in [0.29, 0.717) is 5.75 Å². The Labute approximate surface area is 105 Å². The summed E-state index contributed by atoms with van der Waals surface area (Å²) in [5, 5.41) is 0. The highest BCUT2D eigenvalue weighted by atomic mass is 32.2. The highest BCUT2D eigenvalue weighted by Crippen LogP contribution is 2.27. The maximum absolute atomic E-state index is 11.9. The van der Waals surface area contributed by atoms with Crippen molar-refractivity contribution in [1.82, 2.24) is 9.21 Å². The van der Waals surface area contributed by atoms with Gasteiger partial charge in [-0.3, -0.25) is 4.90 Å². The first-order chi connectivity index (χ1) is 7.81. The second-order valence-electron chi connectivity index (χ2n) is 6.17. The Balaban J connectivity index is 1.96. The van der Waals surface area contributed by atoms with Gasteiger partial charge in [0, 0.05) is 31.2 Å². The molecule has 0 unspecified atom stereocenters. The van der Waals surface area contributed by atoms with Gasteiger partial charge in [0.05, 0.1) is 5.75 Å². The number of nitrogens with zero attached hydrogens (tertiary/aromatic N) is 2. The largest absolute Gasteiger partial charge is 0.298 e. The van der Waals surface area contributed by atoms with Gasteiger partial charge in [0.2, 0.25) is 10.0 Å². The van der Waals surface area contributed by atoms with E-state index in [0.717, 1.165) is 38.9 Å². The first-order valence-corrected chi connectivity index (χ1v) is 8.16. The molecule has 2 aliphatic heterocycles. The van der Waals surface area contributed by atoms with Crippen molar-refractivity contribution in [2.24, 2.45) is 0 Å². The molecule has 17 heavy (non-hydrogen) atoms. The van der Waals surface area contributed by atoms with E-state index >= 15 is 0 Å². The van der Waals surface area contributed by atoms with Gasteiger partial charge < -0.3 is 0 Å². The van der Waals surface area contributed by atoms with Crippen molar-refractivity contribution in [2.45, 2.75) is 51.6 Å². The van der Waals surface area contributed by atoms with Crippen LogP contribution in [0.4, 0.5) is 0 Å². The van der Waals surface area contributed by atoms with Gasteiger partial charge in [0.1, 0.15) is 0 Å². The van der Waals surface area contributed by atoms with Crippen LogP contribution >= 0.6 is 0 Å². The van der Waals surface area contributed by atoms with E-state index in [-0.39, 0.29) is 11.6 Å². The third kappa shape index (κ3) is 2.83. The van der Waals surface area contributed by atoms with Crippen molar-refractivity contribution < 1.29 is 8.42 Å². The summed E-state index contributed by atoms with van der Waals surface area (Å²) in [5.41, 5.74) is 0.203. The molecule has 0 aliphatic carbocycles. The lowest BCUT2D eigenvalue weighted by Gasteiger charge is -2.42. The minimum absolute atomic E-state index is 0.203. The maximum Gasteiger partial charge on any atom is 0.214 e. The van der Waals surface area contributed by atoms with E-state index in [4.69, 9.17) is 0 Å². The van der Waals surface area contributed by atoms with Crippen LogP contribution in [-0.4, -0.2) is 54.6 Å². The highest BCUT2D eigenvalue weighted by molar-refractivity contribution is 7.89. The van der Waals surface area contributed by atoms with Crippen LogP contribution in [0.2, 0.25) is 0 Å². The van der Waals surface area contributed by atoms with Crippen molar-refractivity contribution in [3.8, 4) is 0 Å². The molecule has 2 rings (SSSR count). The number of hydrogen-bond acceptors (Lipinski definition) is 3. The molecule has 0 radical (unpaired) electrons. The van der Waals surface area contributed by atoms with Gasteiger partial charge in [-0.05, 0) is 40.0 Å². The lowest BCUT2D eigenvalue weighted by molar-refractivity contribution is 0.0815. The van der Waals surface area contributed by atoms with Gasteiger partial charge in [0.15, 0.2) is 0 Å². The zero-order valence-corrected chi connectivity index (χ0v) is 12.0. The van der Waals surface area contributed by atoms with E-state index in [9.17, 15) is 8.42 Å². The molecule has 0 aromatic rings. The van der Waals surface area contributed by atoms with E-state index in [1.54, 1.807) is 4.31 Å². The fraction of sp³-hybridized carbons (Fsp3) is 1.00. The lowest BCUT2D eigenvalue weighted by atomic mass is 9.98. The lowest BCUT2D eigenvalue weighted by Crippen LogP contribution is -2.51. The third-order valence-electron chi connectivity index (χ3n) is 3.96. The first-order valence-electron chi connectivity index (χ1n) is 6.55. The summed E-state index contributed by atoms with van der Waals surface area (Å²) in [6.07, 6.45) is 2.77. The normalized spacial score (nSPS) is 28.6. The second kappa shape index (κ2) is 4.52. The predicted molar refractivity (Wildman–Crippen MR) is 69.5 cm³/mol. The van der Waals surface area contributed by atoms with E-state index in [1.807, 2.05) is 0 Å². The summed E-state index contributed by atoms with van der Waals surface area (Å²) in [6.45, 7) is 9.43. The molecular weight excluding hydrogens is 236 g/mol. The average molecular weight is 260 g/mol. The molecule has 0 bridgehead atoms. The number of rotatable bonds is 1. The molecule has 0 aromatic heterocycles. The molecule has 0 saturated carbocycles.